The van der Waals surface area contributed by atoms with E-state index < -0.39 is 12.2 Å². The maximum atomic E-state index is 12.1. The minimum absolute atomic E-state index is 0. The molecule has 1 rings (SSSR count). The highest BCUT2D eigenvalue weighted by Crippen LogP contribution is 2.29. The SMILES string of the molecule is Cc1cccc([C@@H](N)C(F)(F)F)n1.Cl. The lowest BCUT2D eigenvalue weighted by Gasteiger charge is -2.14. The van der Waals surface area contributed by atoms with Crippen molar-refractivity contribution < 1.29 is 13.2 Å². The maximum Gasteiger partial charge on any atom is 0.409 e. The van der Waals surface area contributed by atoms with Crippen LogP contribution in [0.25, 0.3) is 0 Å². The highest BCUT2D eigenvalue weighted by molar-refractivity contribution is 5.85. The fourth-order valence-electron chi connectivity index (χ4n) is 0.905. The van der Waals surface area contributed by atoms with Crippen molar-refractivity contribution in [2.45, 2.75) is 19.1 Å². The molecule has 0 aromatic carbocycles. The lowest BCUT2D eigenvalue weighted by molar-refractivity contribution is -0.150. The summed E-state index contributed by atoms with van der Waals surface area (Å²) in [7, 11) is 0. The Morgan fingerprint density at radius 3 is 2.36 bits per heavy atom. The molecule has 1 atom stereocenters. The number of rotatable bonds is 1. The Morgan fingerprint density at radius 2 is 1.93 bits per heavy atom. The molecule has 0 radical (unpaired) electrons. The molecule has 1 heterocycles. The molecule has 0 saturated heterocycles. The summed E-state index contributed by atoms with van der Waals surface area (Å²) in [4.78, 5) is 3.69. The highest BCUT2D eigenvalue weighted by atomic mass is 35.5. The van der Waals surface area contributed by atoms with E-state index in [9.17, 15) is 13.2 Å². The number of aryl methyl sites for hydroxylation is 1. The van der Waals surface area contributed by atoms with Gasteiger partial charge in [-0.15, -0.1) is 12.4 Å². The molecule has 0 bridgehead atoms. The molecule has 1 aromatic heterocycles. The molecule has 0 spiro atoms. The Kier molecular flexibility index (Phi) is 4.35. The van der Waals surface area contributed by atoms with Gasteiger partial charge in [-0.1, -0.05) is 6.07 Å². The van der Waals surface area contributed by atoms with Gasteiger partial charge in [0.1, 0.15) is 6.04 Å². The van der Waals surface area contributed by atoms with Crippen LogP contribution in [0.5, 0.6) is 0 Å². The fourth-order valence-corrected chi connectivity index (χ4v) is 0.905. The monoisotopic (exact) mass is 226 g/mol. The Hall–Kier alpha value is -0.810. The number of halogens is 4. The molecule has 0 aliphatic rings. The van der Waals surface area contributed by atoms with Crippen molar-refractivity contribution in [2.24, 2.45) is 5.73 Å². The van der Waals surface area contributed by atoms with Crippen molar-refractivity contribution in [3.05, 3.63) is 29.6 Å². The highest BCUT2D eigenvalue weighted by Gasteiger charge is 2.38. The van der Waals surface area contributed by atoms with Crippen molar-refractivity contribution >= 4 is 12.4 Å². The van der Waals surface area contributed by atoms with Gasteiger partial charge < -0.3 is 5.73 Å². The van der Waals surface area contributed by atoms with Crippen molar-refractivity contribution in [3.63, 3.8) is 0 Å². The molecule has 0 saturated carbocycles. The van der Waals surface area contributed by atoms with E-state index in [-0.39, 0.29) is 18.1 Å². The Balaban J connectivity index is 0.00000169. The van der Waals surface area contributed by atoms with E-state index in [0.29, 0.717) is 5.69 Å². The van der Waals surface area contributed by atoms with Gasteiger partial charge in [0, 0.05) is 5.69 Å². The van der Waals surface area contributed by atoms with E-state index in [0.717, 1.165) is 0 Å². The zero-order valence-electron chi connectivity index (χ0n) is 7.38. The van der Waals surface area contributed by atoms with Gasteiger partial charge in [-0.05, 0) is 19.1 Å². The number of alkyl halides is 3. The van der Waals surface area contributed by atoms with Gasteiger partial charge in [0.05, 0.1) is 5.69 Å². The van der Waals surface area contributed by atoms with Gasteiger partial charge in [0.15, 0.2) is 0 Å². The first-order chi connectivity index (χ1) is 5.91. The maximum absolute atomic E-state index is 12.1. The summed E-state index contributed by atoms with van der Waals surface area (Å²) >= 11 is 0. The van der Waals surface area contributed by atoms with E-state index in [1.54, 1.807) is 13.0 Å². The van der Waals surface area contributed by atoms with Crippen LogP contribution in [-0.2, 0) is 0 Å². The van der Waals surface area contributed by atoms with Gasteiger partial charge >= 0.3 is 6.18 Å². The molecular weight excluding hydrogens is 217 g/mol. The van der Waals surface area contributed by atoms with Crippen LogP contribution in [-0.4, -0.2) is 11.2 Å². The Bertz CT molecular complexity index is 301. The van der Waals surface area contributed by atoms with E-state index in [1.165, 1.54) is 12.1 Å². The first-order valence-corrected chi connectivity index (χ1v) is 3.67. The summed E-state index contributed by atoms with van der Waals surface area (Å²) in [5.41, 5.74) is 5.33. The molecule has 0 amide bonds. The average Bonchev–Trinajstić information content (AvgIpc) is 2.01. The Morgan fingerprint density at radius 1 is 1.36 bits per heavy atom. The predicted octanol–water partition coefficient (Wildman–Crippen LogP) is 2.37. The molecule has 0 aliphatic carbocycles. The molecule has 1 aromatic rings. The van der Waals surface area contributed by atoms with Crippen LogP contribution in [0.3, 0.4) is 0 Å². The summed E-state index contributed by atoms with van der Waals surface area (Å²) in [6, 6.07) is 2.40. The summed E-state index contributed by atoms with van der Waals surface area (Å²) in [5.74, 6) is 0. The first-order valence-electron chi connectivity index (χ1n) is 3.67. The Labute approximate surface area is 85.7 Å². The van der Waals surface area contributed by atoms with Crippen molar-refractivity contribution in [3.8, 4) is 0 Å². The molecule has 0 fully saturated rings. The third-order valence-electron chi connectivity index (χ3n) is 1.58. The third-order valence-corrected chi connectivity index (χ3v) is 1.58. The number of aromatic nitrogens is 1. The van der Waals surface area contributed by atoms with E-state index >= 15 is 0 Å². The van der Waals surface area contributed by atoms with Gasteiger partial charge in [-0.25, -0.2) is 0 Å². The van der Waals surface area contributed by atoms with Crippen LogP contribution in [0.15, 0.2) is 18.2 Å². The van der Waals surface area contributed by atoms with Crippen LogP contribution in [0, 0.1) is 6.92 Å². The number of hydrogen-bond acceptors (Lipinski definition) is 2. The average molecular weight is 227 g/mol. The van der Waals surface area contributed by atoms with E-state index in [1.807, 2.05) is 0 Å². The molecule has 2 nitrogen and oxygen atoms in total. The molecule has 14 heavy (non-hydrogen) atoms. The van der Waals surface area contributed by atoms with Crippen molar-refractivity contribution in [2.75, 3.05) is 0 Å². The third kappa shape index (κ3) is 3.16. The summed E-state index contributed by atoms with van der Waals surface area (Å²) in [6.07, 6.45) is -4.43. The minimum atomic E-state index is -4.43. The normalized spacial score (nSPS) is 13.2. The van der Waals surface area contributed by atoms with E-state index in [4.69, 9.17) is 5.73 Å². The van der Waals surface area contributed by atoms with Crippen LogP contribution in [0.1, 0.15) is 17.4 Å². The molecule has 2 N–H and O–H groups in total. The topological polar surface area (TPSA) is 38.9 Å². The lowest BCUT2D eigenvalue weighted by Crippen LogP contribution is -2.29. The number of pyridine rings is 1. The van der Waals surface area contributed by atoms with Crippen LogP contribution in [0.2, 0.25) is 0 Å². The number of hydrogen-bond donors (Lipinski definition) is 1. The van der Waals surface area contributed by atoms with Crippen LogP contribution >= 0.6 is 12.4 Å². The molecule has 0 aliphatic heterocycles. The second-order valence-corrected chi connectivity index (χ2v) is 2.72. The molecule has 6 heteroatoms. The standard InChI is InChI=1S/C8H9F3N2.ClH/c1-5-3-2-4-6(13-5)7(12)8(9,10)11;/h2-4,7H,12H2,1H3;1H/t7-;/m1./s1. The van der Waals surface area contributed by atoms with Gasteiger partial charge in [-0.3, -0.25) is 4.98 Å². The zero-order chi connectivity index (χ0) is 10.1. The van der Waals surface area contributed by atoms with E-state index in [2.05, 4.69) is 4.98 Å². The second-order valence-electron chi connectivity index (χ2n) is 2.72. The van der Waals surface area contributed by atoms with Gasteiger partial charge in [-0.2, -0.15) is 13.2 Å². The lowest BCUT2D eigenvalue weighted by atomic mass is 10.2. The van der Waals surface area contributed by atoms with Gasteiger partial charge in [0.25, 0.3) is 0 Å². The predicted molar refractivity (Wildman–Crippen MR) is 49.2 cm³/mol. The van der Waals surface area contributed by atoms with Crippen molar-refractivity contribution in [1.29, 1.82) is 0 Å². The summed E-state index contributed by atoms with van der Waals surface area (Å²) in [6.45, 7) is 1.62. The number of nitrogens with two attached hydrogens (primary N) is 1. The molecule has 0 unspecified atom stereocenters. The van der Waals surface area contributed by atoms with Crippen LogP contribution < -0.4 is 5.73 Å². The number of nitrogens with zero attached hydrogens (tertiary/aromatic N) is 1. The zero-order valence-corrected chi connectivity index (χ0v) is 8.19. The largest absolute Gasteiger partial charge is 0.409 e. The molecule has 80 valence electrons. The van der Waals surface area contributed by atoms with Crippen LogP contribution in [0.4, 0.5) is 13.2 Å². The summed E-state index contributed by atoms with van der Waals surface area (Å²) < 4.78 is 36.3. The quantitative estimate of drug-likeness (QED) is 0.799. The minimum Gasteiger partial charge on any atom is -0.315 e. The molecular formula is C8H10ClF3N2. The fraction of sp³-hybridized carbons (Fsp3) is 0.375. The summed E-state index contributed by atoms with van der Waals surface area (Å²) in [5, 5.41) is 0. The first kappa shape index (κ1) is 13.2. The second kappa shape index (κ2) is 4.61. The van der Waals surface area contributed by atoms with Crippen molar-refractivity contribution in [1.82, 2.24) is 4.98 Å². The van der Waals surface area contributed by atoms with Gasteiger partial charge in [0.2, 0.25) is 0 Å². The smallest absolute Gasteiger partial charge is 0.315 e.